The predicted molar refractivity (Wildman–Crippen MR) is 88.0 cm³/mol. The molecule has 2 aliphatic heterocycles. The largest absolute Gasteiger partial charge is 0.374 e. The average molecular weight is 336 g/mol. The first-order valence-electron chi connectivity index (χ1n) is 8.59. The summed E-state index contributed by atoms with van der Waals surface area (Å²) in [7, 11) is -3.45. The second-order valence-corrected chi connectivity index (χ2v) is 8.65. The molecule has 2 saturated heterocycles. The molecule has 0 amide bonds. The van der Waals surface area contributed by atoms with Crippen LogP contribution >= 0.6 is 0 Å². The molecule has 5 nitrogen and oxygen atoms in total. The van der Waals surface area contributed by atoms with Crippen molar-refractivity contribution in [2.45, 2.75) is 49.1 Å². The van der Waals surface area contributed by atoms with Gasteiger partial charge in [-0.25, -0.2) is 13.1 Å². The number of nitrogens with zero attached hydrogens (tertiary/aromatic N) is 1. The molecule has 0 unspecified atom stereocenters. The predicted octanol–water partition coefficient (Wildman–Crippen LogP) is 1.32. The number of fused-ring (bicyclic) bond motifs is 2. The maximum absolute atomic E-state index is 12.5. The fourth-order valence-corrected chi connectivity index (χ4v) is 5.13. The van der Waals surface area contributed by atoms with E-state index in [-0.39, 0.29) is 6.10 Å². The zero-order valence-corrected chi connectivity index (χ0v) is 14.1. The Morgan fingerprint density at radius 3 is 3.00 bits per heavy atom. The van der Waals surface area contributed by atoms with Gasteiger partial charge in [0.05, 0.1) is 17.6 Å². The summed E-state index contributed by atoms with van der Waals surface area (Å²) in [5.41, 5.74) is 2.47. The molecular formula is C17H24N2O3S. The Morgan fingerprint density at radius 2 is 2.09 bits per heavy atom. The summed E-state index contributed by atoms with van der Waals surface area (Å²) >= 11 is 0. The first-order chi connectivity index (χ1) is 11.1. The van der Waals surface area contributed by atoms with E-state index in [1.807, 2.05) is 12.1 Å². The van der Waals surface area contributed by atoms with Gasteiger partial charge in [0, 0.05) is 19.1 Å². The number of sulfonamides is 1. The molecule has 126 valence electrons. The van der Waals surface area contributed by atoms with Crippen LogP contribution in [0.1, 0.15) is 30.4 Å². The highest BCUT2D eigenvalue weighted by molar-refractivity contribution is 7.89. The van der Waals surface area contributed by atoms with Crippen molar-refractivity contribution in [1.29, 1.82) is 0 Å². The van der Waals surface area contributed by atoms with Gasteiger partial charge in [-0.1, -0.05) is 6.07 Å². The van der Waals surface area contributed by atoms with Crippen LogP contribution in [0.3, 0.4) is 0 Å². The molecule has 1 aromatic rings. The highest BCUT2D eigenvalue weighted by atomic mass is 32.2. The van der Waals surface area contributed by atoms with Crippen LogP contribution in [0.15, 0.2) is 23.1 Å². The Labute approximate surface area is 138 Å². The van der Waals surface area contributed by atoms with Crippen molar-refractivity contribution in [3.8, 4) is 0 Å². The summed E-state index contributed by atoms with van der Waals surface area (Å²) in [4.78, 5) is 2.81. The maximum Gasteiger partial charge on any atom is 0.240 e. The lowest BCUT2D eigenvalue weighted by molar-refractivity contribution is -0.0449. The summed E-state index contributed by atoms with van der Waals surface area (Å²) in [5, 5.41) is 0. The molecular weight excluding hydrogens is 312 g/mol. The first-order valence-corrected chi connectivity index (χ1v) is 10.1. The fraction of sp³-hybridized carbons (Fsp3) is 0.647. The number of benzene rings is 1. The van der Waals surface area contributed by atoms with E-state index < -0.39 is 10.0 Å². The van der Waals surface area contributed by atoms with Gasteiger partial charge in [-0.05, 0) is 61.9 Å². The van der Waals surface area contributed by atoms with Crippen LogP contribution in [-0.2, 0) is 27.6 Å². The first kappa shape index (κ1) is 15.6. The van der Waals surface area contributed by atoms with E-state index in [2.05, 4.69) is 9.62 Å². The number of ether oxygens (including phenoxy) is 1. The minimum absolute atomic E-state index is 0.0476. The molecule has 6 heteroatoms. The van der Waals surface area contributed by atoms with E-state index in [9.17, 15) is 8.42 Å². The van der Waals surface area contributed by atoms with Crippen LogP contribution in [0.25, 0.3) is 0 Å². The Balaban J connectivity index is 1.40. The minimum Gasteiger partial charge on any atom is -0.374 e. The quantitative estimate of drug-likeness (QED) is 0.901. The Morgan fingerprint density at radius 1 is 1.22 bits per heavy atom. The van der Waals surface area contributed by atoms with Gasteiger partial charge in [-0.3, -0.25) is 4.90 Å². The van der Waals surface area contributed by atoms with Gasteiger partial charge in [0.15, 0.2) is 0 Å². The molecule has 2 heterocycles. The Bertz CT molecular complexity index is 689. The van der Waals surface area contributed by atoms with Crippen LogP contribution in [0, 0.1) is 0 Å². The summed E-state index contributed by atoms with van der Waals surface area (Å²) < 4.78 is 33.6. The average Bonchev–Trinajstić information content (AvgIpc) is 3.20. The minimum atomic E-state index is -3.45. The lowest BCUT2D eigenvalue weighted by Crippen LogP contribution is -2.50. The Kier molecular flexibility index (Phi) is 4.17. The summed E-state index contributed by atoms with van der Waals surface area (Å²) in [6.45, 7) is 3.02. The fourth-order valence-electron chi connectivity index (χ4n) is 4.01. The lowest BCUT2D eigenvalue weighted by atomic mass is 10.1. The smallest absolute Gasteiger partial charge is 0.240 e. The van der Waals surface area contributed by atoms with Gasteiger partial charge in [-0.15, -0.1) is 0 Å². The second kappa shape index (κ2) is 6.16. The third-order valence-corrected chi connectivity index (χ3v) is 6.76. The third kappa shape index (κ3) is 3.18. The van der Waals surface area contributed by atoms with Crippen molar-refractivity contribution in [2.75, 3.05) is 26.2 Å². The number of aryl methyl sites for hydroxylation is 2. The molecule has 23 heavy (non-hydrogen) atoms. The van der Waals surface area contributed by atoms with E-state index >= 15 is 0 Å². The lowest BCUT2D eigenvalue weighted by Gasteiger charge is -2.35. The van der Waals surface area contributed by atoms with Crippen LogP contribution in [-0.4, -0.2) is 51.7 Å². The second-order valence-electron chi connectivity index (χ2n) is 6.88. The summed E-state index contributed by atoms with van der Waals surface area (Å²) in [6, 6.07) is 6.07. The molecule has 0 saturated carbocycles. The Hall–Kier alpha value is -0.950. The van der Waals surface area contributed by atoms with Crippen molar-refractivity contribution < 1.29 is 13.2 Å². The van der Waals surface area contributed by atoms with Gasteiger partial charge in [0.1, 0.15) is 0 Å². The summed E-state index contributed by atoms with van der Waals surface area (Å²) in [5.74, 6) is 0. The van der Waals surface area contributed by atoms with Crippen LogP contribution < -0.4 is 4.72 Å². The normalized spacial score (nSPS) is 27.8. The van der Waals surface area contributed by atoms with Gasteiger partial charge in [-0.2, -0.15) is 0 Å². The molecule has 1 aromatic carbocycles. The molecule has 0 radical (unpaired) electrons. The van der Waals surface area contributed by atoms with E-state index in [1.165, 1.54) is 24.0 Å². The zero-order valence-electron chi connectivity index (χ0n) is 13.3. The third-order valence-electron chi connectivity index (χ3n) is 5.34. The molecule has 4 rings (SSSR count). The monoisotopic (exact) mass is 336 g/mol. The molecule has 2 fully saturated rings. The van der Waals surface area contributed by atoms with Gasteiger partial charge in [0.2, 0.25) is 10.0 Å². The molecule has 3 aliphatic rings. The number of nitrogens with one attached hydrogen (secondary N) is 1. The molecule has 1 aliphatic carbocycles. The van der Waals surface area contributed by atoms with Crippen LogP contribution in [0.4, 0.5) is 0 Å². The molecule has 0 aromatic heterocycles. The maximum atomic E-state index is 12.5. The molecule has 2 atom stereocenters. The highest BCUT2D eigenvalue weighted by Gasteiger charge is 2.32. The topological polar surface area (TPSA) is 58.6 Å². The molecule has 0 spiro atoms. The van der Waals surface area contributed by atoms with Crippen molar-refractivity contribution in [1.82, 2.24) is 9.62 Å². The number of morpholine rings is 1. The SMILES string of the molecule is O=S(=O)(NC[C@H]1CN2CCC[C@@H]2CO1)c1ccc2c(c1)CCC2. The zero-order chi connectivity index (χ0) is 15.9. The summed E-state index contributed by atoms with van der Waals surface area (Å²) in [6.07, 6.45) is 5.55. The molecule has 1 N–H and O–H groups in total. The van der Waals surface area contributed by atoms with E-state index in [0.29, 0.717) is 17.5 Å². The van der Waals surface area contributed by atoms with Crippen molar-refractivity contribution >= 4 is 10.0 Å². The van der Waals surface area contributed by atoms with E-state index in [1.54, 1.807) is 6.07 Å². The number of rotatable bonds is 4. The van der Waals surface area contributed by atoms with Crippen molar-refractivity contribution in [2.24, 2.45) is 0 Å². The van der Waals surface area contributed by atoms with Crippen LogP contribution in [0.5, 0.6) is 0 Å². The molecule has 0 bridgehead atoms. The standard InChI is InChI=1S/C17H24N2O3S/c20-23(21,17-7-6-13-3-1-4-14(13)9-17)18-10-16-11-19-8-2-5-15(19)12-22-16/h6-7,9,15-16,18H,1-5,8,10-12H2/t15-,16+/m1/s1. The van der Waals surface area contributed by atoms with E-state index in [0.717, 1.165) is 39.0 Å². The van der Waals surface area contributed by atoms with Gasteiger partial charge in [0.25, 0.3) is 0 Å². The van der Waals surface area contributed by atoms with Gasteiger partial charge < -0.3 is 4.74 Å². The number of hydrogen-bond acceptors (Lipinski definition) is 4. The van der Waals surface area contributed by atoms with Gasteiger partial charge >= 0.3 is 0 Å². The van der Waals surface area contributed by atoms with Crippen molar-refractivity contribution in [3.63, 3.8) is 0 Å². The number of hydrogen-bond donors (Lipinski definition) is 1. The van der Waals surface area contributed by atoms with Crippen LogP contribution in [0.2, 0.25) is 0 Å². The van der Waals surface area contributed by atoms with E-state index in [4.69, 9.17) is 4.74 Å². The highest BCUT2D eigenvalue weighted by Crippen LogP contribution is 2.25. The van der Waals surface area contributed by atoms with Crippen molar-refractivity contribution in [3.05, 3.63) is 29.3 Å².